The first-order chi connectivity index (χ1) is 21.0. The number of hydrogen-bond donors (Lipinski definition) is 1. The molecule has 4 rings (SSSR count). The number of fused-ring (bicyclic) bond motifs is 1. The maximum absolute atomic E-state index is 13.3. The Balaban J connectivity index is 1.27. The SMILES string of the molecule is CCCCCCCCCCCC(=O)OCN(C)C(=O)c1ccccc1Sc1ccc2c(/C=C/c3ccccn3)n[nH]c2c1. The van der Waals surface area contributed by atoms with Gasteiger partial charge in [0.25, 0.3) is 5.91 Å². The van der Waals surface area contributed by atoms with Crippen LogP contribution in [0.1, 0.15) is 92.9 Å². The summed E-state index contributed by atoms with van der Waals surface area (Å²) in [5, 5.41) is 8.57. The number of nitrogens with zero attached hydrogens (tertiary/aromatic N) is 3. The minimum atomic E-state index is -0.257. The van der Waals surface area contributed by atoms with Gasteiger partial charge in [0.05, 0.1) is 22.5 Å². The first kappa shape index (κ1) is 32.0. The third-order valence-corrected chi connectivity index (χ3v) is 8.32. The fraction of sp³-hybridized carbons (Fsp3) is 0.371. The Bertz CT molecular complexity index is 1480. The zero-order valence-corrected chi connectivity index (χ0v) is 26.1. The van der Waals surface area contributed by atoms with Crippen LogP contribution < -0.4 is 0 Å². The van der Waals surface area contributed by atoms with Crippen LogP contribution in [0, 0.1) is 0 Å². The minimum absolute atomic E-state index is 0.0665. The molecule has 0 aliphatic carbocycles. The number of esters is 1. The molecule has 7 nitrogen and oxygen atoms in total. The van der Waals surface area contributed by atoms with E-state index in [0.29, 0.717) is 12.0 Å². The van der Waals surface area contributed by atoms with Gasteiger partial charge in [-0.05, 0) is 61.0 Å². The van der Waals surface area contributed by atoms with Gasteiger partial charge >= 0.3 is 5.97 Å². The molecule has 226 valence electrons. The van der Waals surface area contributed by atoms with Crippen molar-refractivity contribution < 1.29 is 14.3 Å². The predicted molar refractivity (Wildman–Crippen MR) is 175 cm³/mol. The van der Waals surface area contributed by atoms with Crippen molar-refractivity contribution in [2.45, 2.75) is 80.9 Å². The summed E-state index contributed by atoms with van der Waals surface area (Å²) in [7, 11) is 1.66. The summed E-state index contributed by atoms with van der Waals surface area (Å²) >= 11 is 1.51. The van der Waals surface area contributed by atoms with Crippen LogP contribution in [0.15, 0.2) is 76.7 Å². The van der Waals surface area contributed by atoms with E-state index in [1.807, 2.05) is 66.7 Å². The number of aromatic amines is 1. The number of benzene rings is 2. The molecule has 1 N–H and O–H groups in total. The molecule has 0 aliphatic rings. The van der Waals surface area contributed by atoms with Crippen LogP contribution in [0.4, 0.5) is 0 Å². The highest BCUT2D eigenvalue weighted by molar-refractivity contribution is 7.99. The number of nitrogens with one attached hydrogen (secondary N) is 1. The van der Waals surface area contributed by atoms with Crippen molar-refractivity contribution in [3.05, 3.63) is 83.8 Å². The van der Waals surface area contributed by atoms with Crippen LogP contribution in [-0.4, -0.2) is 45.7 Å². The number of unbranched alkanes of at least 4 members (excludes halogenated alkanes) is 8. The van der Waals surface area contributed by atoms with Crippen LogP contribution in [-0.2, 0) is 9.53 Å². The van der Waals surface area contributed by atoms with Gasteiger partial charge in [-0.25, -0.2) is 0 Å². The first-order valence-corrected chi connectivity index (χ1v) is 16.1. The van der Waals surface area contributed by atoms with Crippen LogP contribution >= 0.6 is 11.8 Å². The summed E-state index contributed by atoms with van der Waals surface area (Å²) in [4.78, 5) is 33.1. The Kier molecular flexibility index (Phi) is 12.9. The Morgan fingerprint density at radius 2 is 1.65 bits per heavy atom. The molecule has 2 heterocycles. The van der Waals surface area contributed by atoms with Gasteiger partial charge in [0.15, 0.2) is 6.73 Å². The monoisotopic (exact) mass is 598 g/mol. The molecule has 0 spiro atoms. The lowest BCUT2D eigenvalue weighted by molar-refractivity contribution is -0.146. The smallest absolute Gasteiger partial charge is 0.307 e. The van der Waals surface area contributed by atoms with E-state index in [2.05, 4.69) is 22.1 Å². The van der Waals surface area contributed by atoms with Crippen molar-refractivity contribution in [1.82, 2.24) is 20.1 Å². The topological polar surface area (TPSA) is 88.2 Å². The lowest BCUT2D eigenvalue weighted by atomic mass is 10.1. The van der Waals surface area contributed by atoms with Gasteiger partial charge in [0, 0.05) is 34.8 Å². The van der Waals surface area contributed by atoms with Crippen molar-refractivity contribution in [2.75, 3.05) is 13.8 Å². The van der Waals surface area contributed by atoms with E-state index in [0.717, 1.165) is 51.3 Å². The predicted octanol–water partition coefficient (Wildman–Crippen LogP) is 8.77. The molecular formula is C35H42N4O3S. The molecule has 0 saturated carbocycles. The summed E-state index contributed by atoms with van der Waals surface area (Å²) in [6.45, 7) is 2.16. The second-order valence-electron chi connectivity index (χ2n) is 10.7. The number of aromatic nitrogens is 3. The second kappa shape index (κ2) is 17.3. The van der Waals surface area contributed by atoms with E-state index in [4.69, 9.17) is 4.74 Å². The highest BCUT2D eigenvalue weighted by Crippen LogP contribution is 2.33. The Morgan fingerprint density at radius 1 is 0.907 bits per heavy atom. The number of carbonyl (C=O) groups is 2. The zero-order valence-electron chi connectivity index (χ0n) is 25.3. The highest BCUT2D eigenvalue weighted by Gasteiger charge is 2.18. The molecule has 0 radical (unpaired) electrons. The summed E-state index contributed by atoms with van der Waals surface area (Å²) in [5.41, 5.74) is 3.17. The van der Waals surface area contributed by atoms with Gasteiger partial charge in [-0.1, -0.05) is 88.3 Å². The molecule has 2 aromatic carbocycles. The van der Waals surface area contributed by atoms with Gasteiger partial charge in [-0.2, -0.15) is 5.10 Å². The van der Waals surface area contributed by atoms with Crippen molar-refractivity contribution in [1.29, 1.82) is 0 Å². The van der Waals surface area contributed by atoms with E-state index in [1.54, 1.807) is 19.3 Å². The number of rotatable bonds is 17. The number of ether oxygens (including phenoxy) is 1. The Morgan fingerprint density at radius 3 is 2.42 bits per heavy atom. The maximum Gasteiger partial charge on any atom is 0.307 e. The number of carbonyl (C=O) groups excluding carboxylic acids is 2. The largest absolute Gasteiger partial charge is 0.444 e. The van der Waals surface area contributed by atoms with Gasteiger partial charge in [0.1, 0.15) is 0 Å². The number of amides is 1. The lowest BCUT2D eigenvalue weighted by Crippen LogP contribution is -2.30. The zero-order chi connectivity index (χ0) is 30.3. The quantitative estimate of drug-likeness (QED) is 0.0742. The molecule has 1 amide bonds. The summed E-state index contributed by atoms with van der Waals surface area (Å²) < 4.78 is 5.41. The van der Waals surface area contributed by atoms with Crippen molar-refractivity contribution in [2.24, 2.45) is 0 Å². The van der Waals surface area contributed by atoms with Gasteiger partial charge in [-0.3, -0.25) is 19.7 Å². The molecule has 0 atom stereocenters. The normalized spacial score (nSPS) is 11.3. The average molecular weight is 599 g/mol. The minimum Gasteiger partial charge on any atom is -0.444 e. The molecule has 0 bridgehead atoms. The lowest BCUT2D eigenvalue weighted by Gasteiger charge is -2.19. The molecule has 8 heteroatoms. The third kappa shape index (κ3) is 10.1. The average Bonchev–Trinajstić information content (AvgIpc) is 3.44. The van der Waals surface area contributed by atoms with Gasteiger partial charge < -0.3 is 9.64 Å². The standard InChI is InChI=1S/C35H42N4O3S/c1-3-4-5-6-7-8-9-10-11-19-34(40)42-26-39(2)35(41)30-17-12-13-18-33(30)43-28-21-22-29-31(37-38-32(29)25-28)23-20-27-16-14-15-24-36-27/h12-18,20-25H,3-11,19,26H2,1-2H3,(H,37,38)/b23-20+. The van der Waals surface area contributed by atoms with Crippen molar-refractivity contribution in [3.8, 4) is 0 Å². The molecule has 0 unspecified atom stereocenters. The van der Waals surface area contributed by atoms with E-state index in [9.17, 15) is 9.59 Å². The van der Waals surface area contributed by atoms with Gasteiger partial charge in [0.2, 0.25) is 0 Å². The molecule has 0 aliphatic heterocycles. The number of H-pyrrole nitrogens is 1. The second-order valence-corrected chi connectivity index (χ2v) is 11.8. The van der Waals surface area contributed by atoms with Gasteiger partial charge in [-0.15, -0.1) is 0 Å². The molecule has 43 heavy (non-hydrogen) atoms. The number of hydrogen-bond acceptors (Lipinski definition) is 6. The highest BCUT2D eigenvalue weighted by atomic mass is 32.2. The maximum atomic E-state index is 13.3. The molecule has 4 aromatic rings. The fourth-order valence-electron chi connectivity index (χ4n) is 4.79. The van der Waals surface area contributed by atoms with Crippen LogP contribution in [0.5, 0.6) is 0 Å². The molecule has 2 aromatic heterocycles. The van der Waals surface area contributed by atoms with E-state index in [-0.39, 0.29) is 18.6 Å². The third-order valence-electron chi connectivity index (χ3n) is 7.26. The van der Waals surface area contributed by atoms with Crippen molar-refractivity contribution in [3.63, 3.8) is 0 Å². The van der Waals surface area contributed by atoms with Crippen LogP contribution in [0.25, 0.3) is 23.1 Å². The molecular weight excluding hydrogens is 556 g/mol. The summed E-state index contributed by atoms with van der Waals surface area (Å²) in [6, 6.07) is 19.4. The van der Waals surface area contributed by atoms with Crippen LogP contribution in [0.3, 0.4) is 0 Å². The summed E-state index contributed by atoms with van der Waals surface area (Å²) in [6.07, 6.45) is 16.8. The molecule has 0 saturated heterocycles. The number of pyridine rings is 1. The fourth-order valence-corrected chi connectivity index (χ4v) is 5.77. The Hall–Kier alpha value is -3.91. The van der Waals surface area contributed by atoms with E-state index < -0.39 is 0 Å². The first-order valence-electron chi connectivity index (χ1n) is 15.3. The van der Waals surface area contributed by atoms with Crippen LogP contribution in [0.2, 0.25) is 0 Å². The summed E-state index contributed by atoms with van der Waals surface area (Å²) in [5.74, 6) is -0.448. The van der Waals surface area contributed by atoms with Crippen molar-refractivity contribution >= 4 is 46.7 Å². The Labute approximate surface area is 259 Å². The molecule has 0 fully saturated rings. The van der Waals surface area contributed by atoms with E-state index in [1.165, 1.54) is 55.2 Å². The van der Waals surface area contributed by atoms with E-state index >= 15 is 0 Å².